The molecule has 19 heavy (non-hydrogen) atoms. The van der Waals surface area contributed by atoms with Gasteiger partial charge < -0.3 is 5.73 Å². The van der Waals surface area contributed by atoms with Crippen molar-refractivity contribution in [2.24, 2.45) is 0 Å². The van der Waals surface area contributed by atoms with Crippen LogP contribution in [0.25, 0.3) is 16.7 Å². The molecule has 3 rings (SSSR count). The lowest BCUT2D eigenvalue weighted by Crippen LogP contribution is -1.98. The van der Waals surface area contributed by atoms with Crippen LogP contribution in [0, 0.1) is 13.8 Å². The summed E-state index contributed by atoms with van der Waals surface area (Å²) in [5, 5.41) is 0.933. The van der Waals surface area contributed by atoms with Gasteiger partial charge in [-0.25, -0.2) is 9.97 Å². The third-order valence-corrected chi connectivity index (χ3v) is 3.93. The van der Waals surface area contributed by atoms with Crippen molar-refractivity contribution in [3.63, 3.8) is 0 Å². The second-order valence-electron chi connectivity index (χ2n) is 4.48. The SMILES string of the molecule is Cc1c(C)n(-c2ccc(Br)cc2)c2ncnc(N)c12. The Bertz CT molecular complexity index is 759. The first-order valence-electron chi connectivity index (χ1n) is 5.93. The summed E-state index contributed by atoms with van der Waals surface area (Å²) < 4.78 is 3.16. The second-order valence-corrected chi connectivity index (χ2v) is 5.40. The summed E-state index contributed by atoms with van der Waals surface area (Å²) in [7, 11) is 0. The van der Waals surface area contributed by atoms with Gasteiger partial charge in [0.15, 0.2) is 5.65 Å². The molecule has 5 heteroatoms. The number of hydrogen-bond acceptors (Lipinski definition) is 3. The van der Waals surface area contributed by atoms with Gasteiger partial charge in [0.1, 0.15) is 12.1 Å². The molecule has 2 aromatic heterocycles. The zero-order valence-electron chi connectivity index (χ0n) is 10.7. The fraction of sp³-hybridized carbons (Fsp3) is 0.143. The number of nitrogens with two attached hydrogens (primary N) is 1. The molecular weight excluding hydrogens is 304 g/mol. The van der Waals surface area contributed by atoms with Gasteiger partial charge in [-0.05, 0) is 43.7 Å². The summed E-state index contributed by atoms with van der Waals surface area (Å²) in [6.07, 6.45) is 1.51. The lowest BCUT2D eigenvalue weighted by atomic mass is 10.2. The average Bonchev–Trinajstić information content (AvgIpc) is 2.65. The molecule has 0 fully saturated rings. The molecule has 0 atom stereocenters. The molecule has 0 aliphatic heterocycles. The van der Waals surface area contributed by atoms with E-state index in [2.05, 4.69) is 37.4 Å². The Hall–Kier alpha value is -1.88. The zero-order chi connectivity index (χ0) is 13.6. The number of nitrogen functional groups attached to an aromatic ring is 1. The first-order valence-corrected chi connectivity index (χ1v) is 6.73. The van der Waals surface area contributed by atoms with Crippen LogP contribution in [0.5, 0.6) is 0 Å². The Morgan fingerprint density at radius 1 is 1.11 bits per heavy atom. The summed E-state index contributed by atoms with van der Waals surface area (Å²) in [4.78, 5) is 8.46. The van der Waals surface area contributed by atoms with Crippen molar-refractivity contribution in [1.29, 1.82) is 0 Å². The summed E-state index contributed by atoms with van der Waals surface area (Å²) in [6, 6.07) is 8.13. The molecule has 2 N–H and O–H groups in total. The molecule has 0 aliphatic carbocycles. The Labute approximate surface area is 119 Å². The van der Waals surface area contributed by atoms with Crippen molar-refractivity contribution in [1.82, 2.24) is 14.5 Å². The van der Waals surface area contributed by atoms with Gasteiger partial charge in [-0.2, -0.15) is 0 Å². The molecule has 0 unspecified atom stereocenters. The molecule has 4 nitrogen and oxygen atoms in total. The van der Waals surface area contributed by atoms with E-state index in [0.29, 0.717) is 5.82 Å². The van der Waals surface area contributed by atoms with Gasteiger partial charge in [0.05, 0.1) is 5.39 Å². The lowest BCUT2D eigenvalue weighted by Gasteiger charge is -2.07. The lowest BCUT2D eigenvalue weighted by molar-refractivity contribution is 1.01. The van der Waals surface area contributed by atoms with E-state index in [1.165, 1.54) is 6.33 Å². The number of hydrogen-bond donors (Lipinski definition) is 1. The van der Waals surface area contributed by atoms with Crippen molar-refractivity contribution < 1.29 is 0 Å². The molecule has 0 saturated carbocycles. The van der Waals surface area contributed by atoms with Crippen LogP contribution in [0.4, 0.5) is 5.82 Å². The van der Waals surface area contributed by atoms with Gasteiger partial charge in [0, 0.05) is 15.9 Å². The highest BCUT2D eigenvalue weighted by Crippen LogP contribution is 2.30. The molecule has 0 aliphatic rings. The van der Waals surface area contributed by atoms with E-state index in [0.717, 1.165) is 32.5 Å². The first kappa shape index (κ1) is 12.2. The van der Waals surface area contributed by atoms with Gasteiger partial charge in [0.25, 0.3) is 0 Å². The molecule has 0 bridgehead atoms. The molecule has 2 heterocycles. The first-order chi connectivity index (χ1) is 9.09. The average molecular weight is 317 g/mol. The van der Waals surface area contributed by atoms with Crippen LogP contribution in [0.3, 0.4) is 0 Å². The maximum absolute atomic E-state index is 5.97. The number of benzene rings is 1. The molecule has 96 valence electrons. The smallest absolute Gasteiger partial charge is 0.150 e. The number of fused-ring (bicyclic) bond motifs is 1. The quantitative estimate of drug-likeness (QED) is 0.748. The molecule has 0 radical (unpaired) electrons. The predicted molar refractivity (Wildman–Crippen MR) is 80.5 cm³/mol. The largest absolute Gasteiger partial charge is 0.383 e. The highest BCUT2D eigenvalue weighted by atomic mass is 79.9. The fourth-order valence-corrected chi connectivity index (χ4v) is 2.60. The van der Waals surface area contributed by atoms with Crippen LogP contribution in [-0.4, -0.2) is 14.5 Å². The Kier molecular flexibility index (Phi) is 2.78. The Morgan fingerprint density at radius 3 is 2.47 bits per heavy atom. The van der Waals surface area contributed by atoms with Crippen LogP contribution in [0.1, 0.15) is 11.3 Å². The highest BCUT2D eigenvalue weighted by molar-refractivity contribution is 9.10. The maximum Gasteiger partial charge on any atom is 0.150 e. The number of aryl methyl sites for hydroxylation is 1. The Balaban J connectivity index is 2.38. The van der Waals surface area contributed by atoms with E-state index in [4.69, 9.17) is 5.73 Å². The van der Waals surface area contributed by atoms with Gasteiger partial charge in [-0.15, -0.1) is 0 Å². The van der Waals surface area contributed by atoms with Crippen molar-refractivity contribution in [3.05, 3.63) is 46.3 Å². The highest BCUT2D eigenvalue weighted by Gasteiger charge is 2.15. The monoisotopic (exact) mass is 316 g/mol. The summed E-state index contributed by atoms with van der Waals surface area (Å²) in [5.74, 6) is 0.529. The minimum absolute atomic E-state index is 0.529. The summed E-state index contributed by atoms with van der Waals surface area (Å²) in [6.45, 7) is 4.12. The van der Waals surface area contributed by atoms with Crippen molar-refractivity contribution >= 4 is 32.8 Å². The fourth-order valence-electron chi connectivity index (χ4n) is 2.33. The summed E-state index contributed by atoms with van der Waals surface area (Å²) in [5.41, 5.74) is 10.1. The predicted octanol–water partition coefficient (Wildman–Crippen LogP) is 3.38. The van der Waals surface area contributed by atoms with Gasteiger partial charge >= 0.3 is 0 Å². The van der Waals surface area contributed by atoms with Crippen LogP contribution < -0.4 is 5.73 Å². The van der Waals surface area contributed by atoms with Crippen molar-refractivity contribution in [2.45, 2.75) is 13.8 Å². The van der Waals surface area contributed by atoms with E-state index < -0.39 is 0 Å². The van der Waals surface area contributed by atoms with Crippen LogP contribution in [-0.2, 0) is 0 Å². The van der Waals surface area contributed by atoms with Crippen LogP contribution >= 0.6 is 15.9 Å². The van der Waals surface area contributed by atoms with E-state index in [-0.39, 0.29) is 0 Å². The molecule has 0 spiro atoms. The maximum atomic E-state index is 5.97. The van der Waals surface area contributed by atoms with Gasteiger partial charge in [0.2, 0.25) is 0 Å². The third kappa shape index (κ3) is 1.81. The van der Waals surface area contributed by atoms with E-state index in [1.807, 2.05) is 31.2 Å². The molecule has 0 saturated heterocycles. The zero-order valence-corrected chi connectivity index (χ0v) is 12.3. The number of rotatable bonds is 1. The summed E-state index contributed by atoms with van der Waals surface area (Å²) >= 11 is 3.45. The van der Waals surface area contributed by atoms with Crippen LogP contribution in [0.2, 0.25) is 0 Å². The second kappa shape index (κ2) is 4.35. The normalized spacial score (nSPS) is 11.1. The van der Waals surface area contributed by atoms with E-state index >= 15 is 0 Å². The van der Waals surface area contributed by atoms with Gasteiger partial charge in [-0.1, -0.05) is 15.9 Å². The molecule has 0 amide bonds. The minimum atomic E-state index is 0.529. The third-order valence-electron chi connectivity index (χ3n) is 3.41. The minimum Gasteiger partial charge on any atom is -0.383 e. The number of nitrogens with zero attached hydrogens (tertiary/aromatic N) is 3. The van der Waals surface area contributed by atoms with Gasteiger partial charge in [-0.3, -0.25) is 4.57 Å². The van der Waals surface area contributed by atoms with Crippen LogP contribution in [0.15, 0.2) is 35.1 Å². The standard InChI is InChI=1S/C14H13BrN4/c1-8-9(2)19(11-5-3-10(15)4-6-11)14-12(8)13(16)17-7-18-14/h3-7H,1-2H3,(H2,16,17,18). The molecular formula is C14H13BrN4. The van der Waals surface area contributed by atoms with Crippen molar-refractivity contribution in [3.8, 4) is 5.69 Å². The number of halogens is 1. The molecule has 3 aromatic rings. The van der Waals surface area contributed by atoms with E-state index in [1.54, 1.807) is 0 Å². The number of anilines is 1. The van der Waals surface area contributed by atoms with Crippen molar-refractivity contribution in [2.75, 3.05) is 5.73 Å². The topological polar surface area (TPSA) is 56.7 Å². The number of aromatic nitrogens is 3. The Morgan fingerprint density at radius 2 is 1.79 bits per heavy atom. The molecule has 1 aromatic carbocycles. The van der Waals surface area contributed by atoms with E-state index in [9.17, 15) is 0 Å².